The molecule has 0 atom stereocenters. The Hall–Kier alpha value is -0.980. The second kappa shape index (κ2) is 6.68. The zero-order valence-corrected chi connectivity index (χ0v) is 10.5. The predicted octanol–water partition coefficient (Wildman–Crippen LogP) is 1.28. The largest absolute Gasteiger partial charge is 0.377 e. The minimum Gasteiger partial charge on any atom is -0.377 e. The molecule has 1 aromatic carbocycles. The van der Waals surface area contributed by atoms with Crippen molar-refractivity contribution in [3.63, 3.8) is 0 Å². The summed E-state index contributed by atoms with van der Waals surface area (Å²) in [5.74, 6) is -0.272. The maximum Gasteiger partial charge on any atom is 0.208 e. The van der Waals surface area contributed by atoms with E-state index in [2.05, 4.69) is 4.72 Å². The molecule has 1 rings (SSSR count). The highest BCUT2D eigenvalue weighted by atomic mass is 32.2. The minimum absolute atomic E-state index is 0.272. The van der Waals surface area contributed by atoms with Gasteiger partial charge in [-0.25, -0.2) is 17.5 Å². The monoisotopic (exact) mass is 261 g/mol. The quantitative estimate of drug-likeness (QED) is 0.752. The molecule has 0 saturated carbocycles. The van der Waals surface area contributed by atoms with Crippen LogP contribution in [0.15, 0.2) is 24.3 Å². The lowest BCUT2D eigenvalue weighted by atomic mass is 10.2. The van der Waals surface area contributed by atoms with Crippen molar-refractivity contribution in [2.75, 3.05) is 19.4 Å². The molecule has 0 saturated heterocycles. The third-order valence-electron chi connectivity index (χ3n) is 2.01. The molecule has 0 fully saturated rings. The number of ether oxygens (including phenoxy) is 1. The molecule has 0 unspecified atom stereocenters. The highest BCUT2D eigenvalue weighted by Gasteiger charge is 1.99. The van der Waals surface area contributed by atoms with E-state index in [1.807, 2.05) is 0 Å². The van der Waals surface area contributed by atoms with E-state index in [0.29, 0.717) is 26.2 Å². The standard InChI is InChI=1S/C11H16FNO3S/c1-17(14,15)13-7-2-8-16-9-10-3-5-11(12)6-4-10/h3-6,13H,2,7-9H2,1H3. The van der Waals surface area contributed by atoms with Gasteiger partial charge in [-0.3, -0.25) is 0 Å². The third kappa shape index (κ3) is 7.04. The second-order valence-corrected chi connectivity index (χ2v) is 5.53. The first-order valence-electron chi connectivity index (χ1n) is 5.24. The zero-order valence-electron chi connectivity index (χ0n) is 9.65. The van der Waals surface area contributed by atoms with Crippen LogP contribution in [0.5, 0.6) is 0 Å². The van der Waals surface area contributed by atoms with Gasteiger partial charge in [0.2, 0.25) is 10.0 Å². The fourth-order valence-corrected chi connectivity index (χ4v) is 1.72. The summed E-state index contributed by atoms with van der Waals surface area (Å²) in [5.41, 5.74) is 0.891. The first-order valence-corrected chi connectivity index (χ1v) is 7.13. The van der Waals surface area contributed by atoms with E-state index >= 15 is 0 Å². The van der Waals surface area contributed by atoms with E-state index in [4.69, 9.17) is 4.74 Å². The lowest BCUT2D eigenvalue weighted by Crippen LogP contribution is -2.23. The van der Waals surface area contributed by atoms with Crippen LogP contribution in [-0.2, 0) is 21.4 Å². The molecular weight excluding hydrogens is 245 g/mol. The van der Waals surface area contributed by atoms with Crippen LogP contribution in [0.25, 0.3) is 0 Å². The topological polar surface area (TPSA) is 55.4 Å². The molecule has 1 N–H and O–H groups in total. The van der Waals surface area contributed by atoms with Crippen LogP contribution < -0.4 is 4.72 Å². The molecule has 0 radical (unpaired) electrons. The summed E-state index contributed by atoms with van der Waals surface area (Å²) in [7, 11) is -3.12. The van der Waals surface area contributed by atoms with Crippen LogP contribution in [0, 0.1) is 5.82 Å². The lowest BCUT2D eigenvalue weighted by Gasteiger charge is -2.05. The molecule has 6 heteroatoms. The summed E-state index contributed by atoms with van der Waals surface area (Å²) in [6.07, 6.45) is 1.72. The summed E-state index contributed by atoms with van der Waals surface area (Å²) < 4.78 is 41.7. The minimum atomic E-state index is -3.12. The van der Waals surface area contributed by atoms with Crippen molar-refractivity contribution in [2.45, 2.75) is 13.0 Å². The van der Waals surface area contributed by atoms with Gasteiger partial charge >= 0.3 is 0 Å². The summed E-state index contributed by atoms with van der Waals surface area (Å²) in [4.78, 5) is 0. The van der Waals surface area contributed by atoms with Crippen LogP contribution in [-0.4, -0.2) is 27.8 Å². The molecule has 0 spiro atoms. The van der Waals surface area contributed by atoms with Crippen LogP contribution in [0.4, 0.5) is 4.39 Å². The molecule has 17 heavy (non-hydrogen) atoms. The molecule has 0 aliphatic heterocycles. The highest BCUT2D eigenvalue weighted by molar-refractivity contribution is 7.88. The van der Waals surface area contributed by atoms with Crippen LogP contribution in [0.2, 0.25) is 0 Å². The van der Waals surface area contributed by atoms with Gasteiger partial charge in [-0.15, -0.1) is 0 Å². The van der Waals surface area contributed by atoms with E-state index in [1.165, 1.54) is 12.1 Å². The van der Waals surface area contributed by atoms with E-state index in [-0.39, 0.29) is 5.82 Å². The maximum atomic E-state index is 12.6. The van der Waals surface area contributed by atoms with Crippen molar-refractivity contribution in [1.82, 2.24) is 4.72 Å². The average Bonchev–Trinajstić information content (AvgIpc) is 2.24. The Morgan fingerprint density at radius 1 is 1.29 bits per heavy atom. The Morgan fingerprint density at radius 2 is 1.94 bits per heavy atom. The Balaban J connectivity index is 2.10. The predicted molar refractivity (Wildman–Crippen MR) is 63.5 cm³/mol. The normalized spacial score (nSPS) is 11.6. The Bertz CT molecular complexity index is 431. The lowest BCUT2D eigenvalue weighted by molar-refractivity contribution is 0.119. The van der Waals surface area contributed by atoms with Gasteiger partial charge < -0.3 is 4.74 Å². The molecule has 0 aromatic heterocycles. The Kier molecular flexibility index (Phi) is 5.54. The molecule has 0 amide bonds. The molecule has 0 heterocycles. The molecule has 1 aromatic rings. The van der Waals surface area contributed by atoms with Crippen molar-refractivity contribution < 1.29 is 17.5 Å². The summed E-state index contributed by atoms with van der Waals surface area (Å²) in [6, 6.07) is 6.07. The molecule has 0 aliphatic rings. The molecule has 4 nitrogen and oxygen atoms in total. The number of halogens is 1. The van der Waals surface area contributed by atoms with E-state index in [1.54, 1.807) is 12.1 Å². The summed E-state index contributed by atoms with van der Waals surface area (Å²) in [5, 5.41) is 0. The van der Waals surface area contributed by atoms with Crippen LogP contribution >= 0.6 is 0 Å². The fourth-order valence-electron chi connectivity index (χ4n) is 1.20. The number of nitrogens with one attached hydrogen (secondary N) is 1. The van der Waals surface area contributed by atoms with Crippen LogP contribution in [0.3, 0.4) is 0 Å². The molecular formula is C11H16FNO3S. The second-order valence-electron chi connectivity index (χ2n) is 3.70. The van der Waals surface area contributed by atoms with E-state index in [9.17, 15) is 12.8 Å². The van der Waals surface area contributed by atoms with Crippen LogP contribution in [0.1, 0.15) is 12.0 Å². The summed E-state index contributed by atoms with van der Waals surface area (Å²) >= 11 is 0. The molecule has 0 aliphatic carbocycles. The maximum absolute atomic E-state index is 12.6. The third-order valence-corrected chi connectivity index (χ3v) is 2.74. The van der Waals surface area contributed by atoms with Crippen molar-refractivity contribution in [2.24, 2.45) is 0 Å². The number of benzene rings is 1. The van der Waals surface area contributed by atoms with Gasteiger partial charge in [-0.05, 0) is 24.1 Å². The van der Waals surface area contributed by atoms with Crippen molar-refractivity contribution in [3.05, 3.63) is 35.6 Å². The Morgan fingerprint density at radius 3 is 2.53 bits per heavy atom. The Labute approximate surface area is 101 Å². The van der Waals surface area contributed by atoms with Crippen molar-refractivity contribution in [1.29, 1.82) is 0 Å². The van der Waals surface area contributed by atoms with Gasteiger partial charge in [0.25, 0.3) is 0 Å². The van der Waals surface area contributed by atoms with E-state index in [0.717, 1.165) is 11.8 Å². The summed E-state index contributed by atoms with van der Waals surface area (Å²) in [6.45, 7) is 1.22. The first kappa shape index (κ1) is 14.1. The van der Waals surface area contributed by atoms with E-state index < -0.39 is 10.0 Å². The highest BCUT2D eigenvalue weighted by Crippen LogP contribution is 2.04. The average molecular weight is 261 g/mol. The number of rotatable bonds is 7. The fraction of sp³-hybridized carbons (Fsp3) is 0.455. The first-order chi connectivity index (χ1) is 7.97. The number of hydrogen-bond acceptors (Lipinski definition) is 3. The van der Waals surface area contributed by atoms with Crippen molar-refractivity contribution in [3.8, 4) is 0 Å². The van der Waals surface area contributed by atoms with Gasteiger partial charge in [0.05, 0.1) is 12.9 Å². The van der Waals surface area contributed by atoms with Gasteiger partial charge in [0.15, 0.2) is 0 Å². The molecule has 0 bridgehead atoms. The van der Waals surface area contributed by atoms with Gasteiger partial charge in [0.1, 0.15) is 5.82 Å². The van der Waals surface area contributed by atoms with Crippen molar-refractivity contribution >= 4 is 10.0 Å². The number of sulfonamides is 1. The van der Waals surface area contributed by atoms with Gasteiger partial charge in [0, 0.05) is 13.2 Å². The smallest absolute Gasteiger partial charge is 0.208 e. The zero-order chi connectivity index (χ0) is 12.7. The van der Waals surface area contributed by atoms with Gasteiger partial charge in [-0.2, -0.15) is 0 Å². The number of hydrogen-bond donors (Lipinski definition) is 1. The van der Waals surface area contributed by atoms with Gasteiger partial charge in [-0.1, -0.05) is 12.1 Å². The molecule has 96 valence electrons. The SMILES string of the molecule is CS(=O)(=O)NCCCOCc1ccc(F)cc1.